The maximum Gasteiger partial charge on any atom is 0.416 e. The van der Waals surface area contributed by atoms with Crippen LogP contribution in [0.3, 0.4) is 0 Å². The van der Waals surface area contributed by atoms with Crippen LogP contribution in [0.5, 0.6) is 0 Å². The Morgan fingerprint density at radius 2 is 1.91 bits per heavy atom. The fourth-order valence-electron chi connectivity index (χ4n) is 4.33. The SMILES string of the molecule is CC1(C)C[C@@](O)(c2ncc(-c3nccc(Nc4cc(C(F)(F)F)ccn4)n3)s2)CC[C@@H]1C(=O)O. The number of aromatic nitrogens is 4. The Morgan fingerprint density at radius 3 is 2.59 bits per heavy atom. The van der Waals surface area contributed by atoms with E-state index in [1.54, 1.807) is 0 Å². The van der Waals surface area contributed by atoms with Crippen LogP contribution in [0.25, 0.3) is 10.7 Å². The molecule has 1 saturated carbocycles. The Hall–Kier alpha value is -3.12. The first-order chi connectivity index (χ1) is 15.9. The highest BCUT2D eigenvalue weighted by Gasteiger charge is 2.49. The van der Waals surface area contributed by atoms with Gasteiger partial charge >= 0.3 is 12.1 Å². The van der Waals surface area contributed by atoms with Crippen LogP contribution < -0.4 is 5.32 Å². The number of hydrogen-bond acceptors (Lipinski definition) is 8. The van der Waals surface area contributed by atoms with Crippen molar-refractivity contribution < 1.29 is 28.2 Å². The molecule has 180 valence electrons. The second-order valence-corrected chi connectivity index (χ2v) is 10.0. The zero-order valence-electron chi connectivity index (χ0n) is 18.3. The number of hydrogen-bond donors (Lipinski definition) is 3. The minimum atomic E-state index is -4.49. The minimum Gasteiger partial charge on any atom is -0.481 e. The average molecular weight is 494 g/mol. The molecule has 1 fully saturated rings. The summed E-state index contributed by atoms with van der Waals surface area (Å²) in [5.41, 5.74) is -2.72. The molecule has 3 aromatic heterocycles. The number of alkyl halides is 3. The van der Waals surface area contributed by atoms with Crippen LogP contribution in [-0.4, -0.2) is 36.1 Å². The number of thiazole rings is 1. The number of halogens is 3. The number of anilines is 2. The van der Waals surface area contributed by atoms with Gasteiger partial charge in [0.15, 0.2) is 5.82 Å². The molecule has 0 bridgehead atoms. The molecule has 0 amide bonds. The van der Waals surface area contributed by atoms with E-state index in [0.717, 1.165) is 18.3 Å². The summed E-state index contributed by atoms with van der Waals surface area (Å²) >= 11 is 1.20. The third kappa shape index (κ3) is 4.87. The van der Waals surface area contributed by atoms with Crippen molar-refractivity contribution in [3.05, 3.63) is 47.4 Å². The molecule has 0 aliphatic heterocycles. The summed E-state index contributed by atoms with van der Waals surface area (Å²) in [5, 5.41) is 24.0. The summed E-state index contributed by atoms with van der Waals surface area (Å²) < 4.78 is 38.9. The van der Waals surface area contributed by atoms with Gasteiger partial charge in [-0.2, -0.15) is 13.2 Å². The smallest absolute Gasteiger partial charge is 0.416 e. The Morgan fingerprint density at radius 1 is 1.18 bits per heavy atom. The number of carbonyl (C=O) groups is 1. The molecule has 1 aliphatic carbocycles. The number of carboxylic acid groups (broad SMARTS) is 1. The number of aliphatic hydroxyl groups is 1. The molecular weight excluding hydrogens is 471 g/mol. The number of rotatable bonds is 5. The topological polar surface area (TPSA) is 121 Å². The van der Waals surface area contributed by atoms with E-state index in [1.165, 1.54) is 29.8 Å². The van der Waals surface area contributed by atoms with E-state index in [9.17, 15) is 28.2 Å². The second kappa shape index (κ2) is 8.58. The summed E-state index contributed by atoms with van der Waals surface area (Å²) in [7, 11) is 0. The number of nitrogens with one attached hydrogen (secondary N) is 1. The van der Waals surface area contributed by atoms with E-state index < -0.39 is 34.6 Å². The van der Waals surface area contributed by atoms with E-state index in [2.05, 4.69) is 25.3 Å². The molecule has 12 heteroatoms. The van der Waals surface area contributed by atoms with Gasteiger partial charge in [0.05, 0.1) is 16.4 Å². The molecule has 2 atom stereocenters. The van der Waals surface area contributed by atoms with E-state index in [4.69, 9.17) is 0 Å². The van der Waals surface area contributed by atoms with Crippen LogP contribution in [0.4, 0.5) is 24.8 Å². The van der Waals surface area contributed by atoms with Gasteiger partial charge in [-0.3, -0.25) is 4.79 Å². The monoisotopic (exact) mass is 493 g/mol. The lowest BCUT2D eigenvalue weighted by molar-refractivity contribution is -0.154. The second-order valence-electron chi connectivity index (χ2n) is 8.97. The highest BCUT2D eigenvalue weighted by Crippen LogP contribution is 2.50. The van der Waals surface area contributed by atoms with Crippen molar-refractivity contribution in [2.75, 3.05) is 5.32 Å². The number of aliphatic carboxylic acids is 1. The molecule has 0 radical (unpaired) electrons. The standard InChI is InChI=1S/C22H22F3N5O3S/c1-20(2)11-21(33,6-3-13(20)18(31)32)19-28-10-14(34-19)17-27-8-5-15(30-17)29-16-9-12(4-7-26-16)22(23,24)25/h4-5,7-10,13,33H,3,6,11H2,1-2H3,(H,31,32)(H,26,27,29,30)/t13-,21-/m1/s1. The zero-order chi connectivity index (χ0) is 24.7. The van der Waals surface area contributed by atoms with Gasteiger partial charge in [0.1, 0.15) is 22.2 Å². The quantitative estimate of drug-likeness (QED) is 0.461. The lowest BCUT2D eigenvalue weighted by atomic mass is 9.63. The fourth-order valence-corrected chi connectivity index (χ4v) is 5.30. The molecule has 34 heavy (non-hydrogen) atoms. The van der Waals surface area contributed by atoms with Crippen molar-refractivity contribution in [2.24, 2.45) is 11.3 Å². The summed E-state index contributed by atoms with van der Waals surface area (Å²) in [6.45, 7) is 3.65. The molecule has 8 nitrogen and oxygen atoms in total. The van der Waals surface area contributed by atoms with Gasteiger partial charge in [-0.25, -0.2) is 19.9 Å². The van der Waals surface area contributed by atoms with Crippen LogP contribution in [0.15, 0.2) is 36.8 Å². The molecular formula is C22H22F3N5O3S. The van der Waals surface area contributed by atoms with Crippen LogP contribution in [0, 0.1) is 11.3 Å². The third-order valence-corrected chi connectivity index (χ3v) is 7.15. The number of nitrogens with zero attached hydrogens (tertiary/aromatic N) is 4. The van der Waals surface area contributed by atoms with E-state index in [0.29, 0.717) is 16.3 Å². The van der Waals surface area contributed by atoms with Gasteiger partial charge in [0.25, 0.3) is 0 Å². The van der Waals surface area contributed by atoms with Gasteiger partial charge < -0.3 is 15.5 Å². The maximum absolute atomic E-state index is 13.0. The Balaban J connectivity index is 1.55. The summed E-state index contributed by atoms with van der Waals surface area (Å²) in [4.78, 5) is 28.9. The molecule has 3 aromatic rings. The molecule has 4 rings (SSSR count). The highest BCUT2D eigenvalue weighted by molar-refractivity contribution is 7.15. The van der Waals surface area contributed by atoms with Crippen LogP contribution in [-0.2, 0) is 16.6 Å². The lowest BCUT2D eigenvalue weighted by Crippen LogP contribution is -2.44. The van der Waals surface area contributed by atoms with Crippen molar-refractivity contribution in [3.8, 4) is 10.7 Å². The van der Waals surface area contributed by atoms with E-state index in [1.807, 2.05) is 13.8 Å². The minimum absolute atomic E-state index is 0.0174. The lowest BCUT2D eigenvalue weighted by Gasteiger charge is -2.44. The number of carboxylic acids is 1. The molecule has 1 aliphatic rings. The predicted octanol–water partition coefficient (Wildman–Crippen LogP) is 4.86. The van der Waals surface area contributed by atoms with E-state index in [-0.39, 0.29) is 30.3 Å². The van der Waals surface area contributed by atoms with Crippen molar-refractivity contribution in [3.63, 3.8) is 0 Å². The third-order valence-electron chi connectivity index (χ3n) is 5.96. The van der Waals surface area contributed by atoms with Crippen molar-refractivity contribution in [1.82, 2.24) is 19.9 Å². The molecule has 3 heterocycles. The van der Waals surface area contributed by atoms with Crippen molar-refractivity contribution in [1.29, 1.82) is 0 Å². The van der Waals surface area contributed by atoms with Gasteiger partial charge in [-0.1, -0.05) is 13.8 Å². The Kier molecular flexibility index (Phi) is 6.06. The summed E-state index contributed by atoms with van der Waals surface area (Å²) in [6, 6.07) is 3.26. The normalized spacial score (nSPS) is 22.4. The molecule has 0 saturated heterocycles. The van der Waals surface area contributed by atoms with Gasteiger partial charge in [-0.05, 0) is 42.9 Å². The Bertz CT molecular complexity index is 1220. The molecule has 0 unspecified atom stereocenters. The van der Waals surface area contributed by atoms with E-state index >= 15 is 0 Å². The van der Waals surface area contributed by atoms with Crippen molar-refractivity contribution >= 4 is 28.9 Å². The van der Waals surface area contributed by atoms with Crippen molar-refractivity contribution in [2.45, 2.75) is 44.9 Å². The first kappa shape index (κ1) is 24.0. The van der Waals surface area contributed by atoms with Crippen LogP contribution in [0.2, 0.25) is 0 Å². The molecule has 3 N–H and O–H groups in total. The first-order valence-corrected chi connectivity index (χ1v) is 11.2. The Labute approximate surface area is 197 Å². The number of pyridine rings is 1. The molecule has 0 spiro atoms. The van der Waals surface area contributed by atoms with Gasteiger partial charge in [-0.15, -0.1) is 11.3 Å². The van der Waals surface area contributed by atoms with Gasteiger partial charge in [0, 0.05) is 18.6 Å². The first-order valence-electron chi connectivity index (χ1n) is 10.4. The zero-order valence-corrected chi connectivity index (χ0v) is 19.1. The van der Waals surface area contributed by atoms with Crippen LogP contribution in [0.1, 0.15) is 43.7 Å². The summed E-state index contributed by atoms with van der Waals surface area (Å²) in [5.74, 6) is -0.921. The highest BCUT2D eigenvalue weighted by atomic mass is 32.1. The molecule has 0 aromatic carbocycles. The maximum atomic E-state index is 13.0. The average Bonchev–Trinajstić information content (AvgIpc) is 3.24. The van der Waals surface area contributed by atoms with Crippen LogP contribution >= 0.6 is 11.3 Å². The predicted molar refractivity (Wildman–Crippen MR) is 118 cm³/mol. The fraction of sp³-hybridized carbons (Fsp3) is 0.409. The van der Waals surface area contributed by atoms with Gasteiger partial charge in [0.2, 0.25) is 0 Å². The summed E-state index contributed by atoms with van der Waals surface area (Å²) in [6.07, 6.45) is 0.381. The largest absolute Gasteiger partial charge is 0.481 e.